The van der Waals surface area contributed by atoms with E-state index in [0.29, 0.717) is 0 Å². The van der Waals surface area contributed by atoms with Crippen molar-refractivity contribution in [2.75, 3.05) is 23.3 Å². The van der Waals surface area contributed by atoms with Crippen LogP contribution in [0.3, 0.4) is 0 Å². The number of furan rings is 1. The van der Waals surface area contributed by atoms with E-state index in [-0.39, 0.29) is 17.7 Å². The summed E-state index contributed by atoms with van der Waals surface area (Å²) < 4.78 is 5.43. The minimum atomic E-state index is 0.0355. The SMILES string of the molecule is O=C(Nc1ccccc1N1CCCCCC1)C1CC1c1ccco1. The average Bonchev–Trinajstić information content (AvgIpc) is 3.31. The molecule has 1 saturated heterocycles. The van der Waals surface area contributed by atoms with Gasteiger partial charge in [-0.25, -0.2) is 0 Å². The fraction of sp³-hybridized carbons (Fsp3) is 0.450. The van der Waals surface area contributed by atoms with Gasteiger partial charge in [0.1, 0.15) is 5.76 Å². The zero-order valence-electron chi connectivity index (χ0n) is 13.9. The van der Waals surface area contributed by atoms with Crippen molar-refractivity contribution in [2.45, 2.75) is 38.0 Å². The van der Waals surface area contributed by atoms with Crippen LogP contribution in [0.25, 0.3) is 0 Å². The first-order valence-corrected chi connectivity index (χ1v) is 9.01. The van der Waals surface area contributed by atoms with Crippen LogP contribution in [0.4, 0.5) is 11.4 Å². The van der Waals surface area contributed by atoms with E-state index < -0.39 is 0 Å². The lowest BCUT2D eigenvalue weighted by atomic mass is 10.2. The number of nitrogens with one attached hydrogen (secondary N) is 1. The van der Waals surface area contributed by atoms with Crippen molar-refractivity contribution in [3.8, 4) is 0 Å². The Hall–Kier alpha value is -2.23. The number of hydrogen-bond donors (Lipinski definition) is 1. The van der Waals surface area contributed by atoms with E-state index in [9.17, 15) is 4.79 Å². The third-order valence-corrected chi connectivity index (χ3v) is 5.14. The standard InChI is InChI=1S/C20H24N2O2/c23-20(16-14-15(16)19-10-7-13-24-19)21-17-8-3-4-9-18(17)22-11-5-1-2-6-12-22/h3-4,7-10,13,15-16H,1-2,5-6,11-12,14H2,(H,21,23). The molecule has 4 nitrogen and oxygen atoms in total. The second-order valence-electron chi connectivity index (χ2n) is 6.87. The van der Waals surface area contributed by atoms with Gasteiger partial charge in [0.25, 0.3) is 0 Å². The monoisotopic (exact) mass is 324 g/mol. The molecule has 0 spiro atoms. The number of benzene rings is 1. The van der Waals surface area contributed by atoms with Crippen molar-refractivity contribution in [3.05, 3.63) is 48.4 Å². The second kappa shape index (κ2) is 6.71. The number of carbonyl (C=O) groups is 1. The Balaban J connectivity index is 1.46. The van der Waals surface area contributed by atoms with E-state index in [0.717, 1.165) is 36.6 Å². The molecular weight excluding hydrogens is 300 g/mol. The Bertz CT molecular complexity index is 687. The molecule has 24 heavy (non-hydrogen) atoms. The van der Waals surface area contributed by atoms with Crippen LogP contribution in [0.2, 0.25) is 0 Å². The van der Waals surface area contributed by atoms with Crippen LogP contribution >= 0.6 is 0 Å². The molecule has 2 heterocycles. The third-order valence-electron chi connectivity index (χ3n) is 5.14. The zero-order valence-corrected chi connectivity index (χ0v) is 13.9. The lowest BCUT2D eigenvalue weighted by Gasteiger charge is -2.25. The van der Waals surface area contributed by atoms with Crippen molar-refractivity contribution in [3.63, 3.8) is 0 Å². The van der Waals surface area contributed by atoms with Gasteiger partial charge in [0.05, 0.1) is 17.6 Å². The molecule has 1 aliphatic carbocycles. The van der Waals surface area contributed by atoms with Crippen molar-refractivity contribution in [1.82, 2.24) is 0 Å². The summed E-state index contributed by atoms with van der Waals surface area (Å²) in [4.78, 5) is 15.0. The maximum absolute atomic E-state index is 12.6. The van der Waals surface area contributed by atoms with Crippen LogP contribution in [-0.4, -0.2) is 19.0 Å². The van der Waals surface area contributed by atoms with E-state index in [1.165, 1.54) is 25.7 Å². The lowest BCUT2D eigenvalue weighted by Crippen LogP contribution is -2.26. The van der Waals surface area contributed by atoms with E-state index in [1.54, 1.807) is 6.26 Å². The van der Waals surface area contributed by atoms with Crippen LogP contribution in [0.1, 0.15) is 43.8 Å². The Morgan fingerprint density at radius 1 is 1.04 bits per heavy atom. The molecule has 4 heteroatoms. The maximum atomic E-state index is 12.6. The van der Waals surface area contributed by atoms with Crippen molar-refractivity contribution < 1.29 is 9.21 Å². The molecule has 0 radical (unpaired) electrons. The average molecular weight is 324 g/mol. The topological polar surface area (TPSA) is 45.5 Å². The maximum Gasteiger partial charge on any atom is 0.228 e. The quantitative estimate of drug-likeness (QED) is 0.906. The summed E-state index contributed by atoms with van der Waals surface area (Å²) in [5, 5.41) is 3.16. The van der Waals surface area contributed by atoms with Gasteiger partial charge >= 0.3 is 0 Å². The minimum Gasteiger partial charge on any atom is -0.469 e. The molecule has 2 atom stereocenters. The van der Waals surface area contributed by atoms with Crippen LogP contribution in [0.15, 0.2) is 47.1 Å². The highest BCUT2D eigenvalue weighted by molar-refractivity contribution is 5.98. The van der Waals surface area contributed by atoms with Crippen molar-refractivity contribution >= 4 is 17.3 Å². The summed E-state index contributed by atoms with van der Waals surface area (Å²) in [7, 11) is 0. The molecular formula is C20H24N2O2. The van der Waals surface area contributed by atoms with E-state index in [2.05, 4.69) is 22.3 Å². The molecule has 1 aromatic carbocycles. The molecule has 0 bridgehead atoms. The Morgan fingerprint density at radius 3 is 2.58 bits per heavy atom. The van der Waals surface area contributed by atoms with Crippen LogP contribution in [0, 0.1) is 5.92 Å². The van der Waals surface area contributed by atoms with Crippen LogP contribution < -0.4 is 10.2 Å². The molecule has 1 aromatic heterocycles. The molecule has 4 rings (SSSR count). The molecule has 2 unspecified atom stereocenters. The number of nitrogens with zero attached hydrogens (tertiary/aromatic N) is 1. The fourth-order valence-corrected chi connectivity index (χ4v) is 3.69. The van der Waals surface area contributed by atoms with E-state index in [1.807, 2.05) is 24.3 Å². The Labute approximate surface area is 142 Å². The predicted octanol–water partition coefficient (Wildman–Crippen LogP) is 4.40. The third kappa shape index (κ3) is 3.18. The van der Waals surface area contributed by atoms with Gasteiger partial charge in [-0.05, 0) is 43.5 Å². The lowest BCUT2D eigenvalue weighted by molar-refractivity contribution is -0.117. The van der Waals surface area contributed by atoms with Gasteiger partial charge in [0.15, 0.2) is 0 Å². The Morgan fingerprint density at radius 2 is 1.83 bits per heavy atom. The summed E-state index contributed by atoms with van der Waals surface area (Å²) in [5.41, 5.74) is 2.09. The summed E-state index contributed by atoms with van der Waals surface area (Å²) in [6.45, 7) is 2.15. The summed E-state index contributed by atoms with van der Waals surface area (Å²) in [6, 6.07) is 12.0. The van der Waals surface area contributed by atoms with Gasteiger partial charge in [-0.3, -0.25) is 4.79 Å². The summed E-state index contributed by atoms with van der Waals surface area (Å²) >= 11 is 0. The minimum absolute atomic E-state index is 0.0355. The van der Waals surface area contributed by atoms with Gasteiger partial charge in [0.2, 0.25) is 5.91 Å². The van der Waals surface area contributed by atoms with Gasteiger partial charge in [-0.2, -0.15) is 0 Å². The summed E-state index contributed by atoms with van der Waals surface area (Å²) in [6.07, 6.45) is 7.62. The first-order chi connectivity index (χ1) is 11.8. The van der Waals surface area contributed by atoms with E-state index in [4.69, 9.17) is 4.42 Å². The largest absolute Gasteiger partial charge is 0.469 e. The first-order valence-electron chi connectivity index (χ1n) is 9.01. The molecule has 2 fully saturated rings. The van der Waals surface area contributed by atoms with Crippen molar-refractivity contribution in [2.24, 2.45) is 5.92 Å². The molecule has 1 N–H and O–H groups in total. The summed E-state index contributed by atoms with van der Waals surface area (Å²) in [5.74, 6) is 1.31. The number of carbonyl (C=O) groups excluding carboxylic acids is 1. The highest BCUT2D eigenvalue weighted by Gasteiger charge is 2.46. The van der Waals surface area contributed by atoms with Gasteiger partial charge < -0.3 is 14.6 Å². The number of amides is 1. The fourth-order valence-electron chi connectivity index (χ4n) is 3.69. The molecule has 1 saturated carbocycles. The number of rotatable bonds is 4. The van der Waals surface area contributed by atoms with Gasteiger partial charge in [0, 0.05) is 24.9 Å². The smallest absolute Gasteiger partial charge is 0.228 e. The molecule has 1 amide bonds. The zero-order chi connectivity index (χ0) is 16.4. The van der Waals surface area contributed by atoms with Crippen LogP contribution in [0.5, 0.6) is 0 Å². The van der Waals surface area contributed by atoms with Gasteiger partial charge in [-0.1, -0.05) is 25.0 Å². The molecule has 2 aliphatic rings. The number of hydrogen-bond acceptors (Lipinski definition) is 3. The highest BCUT2D eigenvalue weighted by atomic mass is 16.3. The Kier molecular flexibility index (Phi) is 4.28. The number of anilines is 2. The normalized spacial score (nSPS) is 23.6. The van der Waals surface area contributed by atoms with Gasteiger partial charge in [-0.15, -0.1) is 0 Å². The van der Waals surface area contributed by atoms with Crippen molar-refractivity contribution in [1.29, 1.82) is 0 Å². The number of para-hydroxylation sites is 2. The molecule has 1 aliphatic heterocycles. The molecule has 126 valence electrons. The second-order valence-corrected chi connectivity index (χ2v) is 6.87. The van der Waals surface area contributed by atoms with E-state index >= 15 is 0 Å². The molecule has 2 aromatic rings. The predicted molar refractivity (Wildman–Crippen MR) is 95.3 cm³/mol. The highest BCUT2D eigenvalue weighted by Crippen LogP contribution is 2.48. The first kappa shape index (κ1) is 15.3. The van der Waals surface area contributed by atoms with Crippen LogP contribution in [-0.2, 0) is 4.79 Å².